The highest BCUT2D eigenvalue weighted by molar-refractivity contribution is 7.80. The second kappa shape index (κ2) is 8.34. The first-order valence-corrected chi connectivity index (χ1v) is 7.62. The zero-order valence-electron chi connectivity index (χ0n) is 12.6. The molecule has 5 heteroatoms. The Morgan fingerprint density at radius 1 is 1.14 bits per heavy atom. The summed E-state index contributed by atoms with van der Waals surface area (Å²) in [6, 6.07) is 16.5. The first kappa shape index (κ1) is 16.2. The van der Waals surface area contributed by atoms with Crippen molar-refractivity contribution >= 4 is 28.7 Å². The van der Waals surface area contributed by atoms with Gasteiger partial charge in [0.25, 0.3) is 0 Å². The van der Waals surface area contributed by atoms with Crippen molar-refractivity contribution in [3.05, 3.63) is 60.4 Å². The third-order valence-electron chi connectivity index (χ3n) is 3.24. The quantitative estimate of drug-likeness (QED) is 0.628. The van der Waals surface area contributed by atoms with Crippen LogP contribution in [0.5, 0.6) is 0 Å². The summed E-state index contributed by atoms with van der Waals surface area (Å²) in [4.78, 5) is 2.20. The van der Waals surface area contributed by atoms with Gasteiger partial charge in [-0.05, 0) is 49.0 Å². The van der Waals surface area contributed by atoms with Crippen molar-refractivity contribution in [1.29, 1.82) is 0 Å². The van der Waals surface area contributed by atoms with E-state index in [4.69, 9.17) is 12.2 Å². The number of benzene rings is 2. The van der Waals surface area contributed by atoms with Crippen LogP contribution in [-0.2, 0) is 0 Å². The molecule has 0 amide bonds. The average Bonchev–Trinajstić information content (AvgIpc) is 2.52. The summed E-state index contributed by atoms with van der Waals surface area (Å²) >= 11 is 5.19. The van der Waals surface area contributed by atoms with E-state index in [2.05, 4.69) is 34.7 Å². The second-order valence-corrected chi connectivity index (χ2v) is 5.41. The number of anilines is 2. The van der Waals surface area contributed by atoms with Crippen LogP contribution in [0.2, 0.25) is 0 Å². The first-order chi connectivity index (χ1) is 10.6. The molecular weight excluding hydrogens is 297 g/mol. The van der Waals surface area contributed by atoms with Crippen molar-refractivity contribution in [3.8, 4) is 0 Å². The van der Waals surface area contributed by atoms with Crippen LogP contribution >= 0.6 is 12.2 Å². The van der Waals surface area contributed by atoms with Gasteiger partial charge in [0.2, 0.25) is 0 Å². The molecule has 3 nitrogen and oxygen atoms in total. The minimum atomic E-state index is -0.280. The Balaban J connectivity index is 1.67. The Morgan fingerprint density at radius 3 is 2.64 bits per heavy atom. The van der Waals surface area contributed by atoms with Crippen molar-refractivity contribution < 1.29 is 4.39 Å². The van der Waals surface area contributed by atoms with E-state index in [1.54, 1.807) is 12.1 Å². The summed E-state index contributed by atoms with van der Waals surface area (Å²) in [6.07, 6.45) is 0.955. The Morgan fingerprint density at radius 2 is 1.91 bits per heavy atom. The van der Waals surface area contributed by atoms with Gasteiger partial charge in [0, 0.05) is 31.5 Å². The molecule has 116 valence electrons. The zero-order chi connectivity index (χ0) is 15.8. The fourth-order valence-electron chi connectivity index (χ4n) is 2.07. The molecule has 0 saturated heterocycles. The Hall–Kier alpha value is -2.14. The largest absolute Gasteiger partial charge is 0.375 e. The molecule has 0 aliphatic carbocycles. The van der Waals surface area contributed by atoms with Gasteiger partial charge in [-0.25, -0.2) is 4.39 Å². The molecule has 0 aliphatic rings. The van der Waals surface area contributed by atoms with Crippen molar-refractivity contribution in [2.75, 3.05) is 30.4 Å². The molecule has 0 aromatic heterocycles. The molecule has 2 aromatic carbocycles. The average molecular weight is 317 g/mol. The number of hydrogen-bond donors (Lipinski definition) is 2. The Labute approximate surface area is 136 Å². The van der Waals surface area contributed by atoms with Crippen LogP contribution in [0.1, 0.15) is 6.42 Å². The molecular formula is C17H20FN3S. The molecule has 0 heterocycles. The predicted octanol–water partition coefficient (Wildman–Crippen LogP) is 3.64. The highest BCUT2D eigenvalue weighted by Gasteiger charge is 2.01. The van der Waals surface area contributed by atoms with Gasteiger partial charge < -0.3 is 15.5 Å². The molecule has 0 atom stereocenters. The Kier molecular flexibility index (Phi) is 6.15. The lowest BCUT2D eigenvalue weighted by molar-refractivity contribution is 0.628. The number of thiocarbonyl (C=S) groups is 1. The second-order valence-electron chi connectivity index (χ2n) is 5.00. The highest BCUT2D eigenvalue weighted by Crippen LogP contribution is 2.11. The van der Waals surface area contributed by atoms with E-state index < -0.39 is 0 Å². The number of halogens is 1. The molecule has 0 unspecified atom stereocenters. The first-order valence-electron chi connectivity index (χ1n) is 7.22. The monoisotopic (exact) mass is 317 g/mol. The summed E-state index contributed by atoms with van der Waals surface area (Å²) < 4.78 is 13.1. The van der Waals surface area contributed by atoms with Crippen LogP contribution in [0.25, 0.3) is 0 Å². The summed E-state index contributed by atoms with van der Waals surface area (Å²) in [5.41, 5.74) is 1.85. The molecule has 22 heavy (non-hydrogen) atoms. The molecule has 2 N–H and O–H groups in total. The molecule has 0 fully saturated rings. The van der Waals surface area contributed by atoms with E-state index in [9.17, 15) is 4.39 Å². The minimum Gasteiger partial charge on any atom is -0.375 e. The van der Waals surface area contributed by atoms with Crippen LogP contribution in [0.15, 0.2) is 54.6 Å². The number of rotatable bonds is 6. The summed E-state index contributed by atoms with van der Waals surface area (Å²) in [7, 11) is 2.07. The zero-order valence-corrected chi connectivity index (χ0v) is 13.4. The van der Waals surface area contributed by atoms with Crippen molar-refractivity contribution in [2.24, 2.45) is 0 Å². The van der Waals surface area contributed by atoms with E-state index in [0.717, 1.165) is 19.5 Å². The van der Waals surface area contributed by atoms with Gasteiger partial charge in [-0.3, -0.25) is 0 Å². The molecule has 0 bridgehead atoms. The van der Waals surface area contributed by atoms with Crippen LogP contribution in [0, 0.1) is 5.82 Å². The standard InChI is InChI=1S/C17H20FN3S/c1-21(16-9-3-2-4-10-16)12-6-11-19-17(22)20-15-8-5-7-14(18)13-15/h2-5,7-10,13H,6,11-12H2,1H3,(H2,19,20,22). The fraction of sp³-hybridized carbons (Fsp3) is 0.235. The topological polar surface area (TPSA) is 27.3 Å². The summed E-state index contributed by atoms with van der Waals surface area (Å²) in [6.45, 7) is 1.69. The van der Waals surface area contributed by atoms with Gasteiger partial charge in [0.05, 0.1) is 0 Å². The number of nitrogens with zero attached hydrogens (tertiary/aromatic N) is 1. The minimum absolute atomic E-state index is 0.280. The SMILES string of the molecule is CN(CCCNC(=S)Nc1cccc(F)c1)c1ccccc1. The third-order valence-corrected chi connectivity index (χ3v) is 3.48. The van der Waals surface area contributed by atoms with Crippen LogP contribution in [-0.4, -0.2) is 25.2 Å². The van der Waals surface area contributed by atoms with Gasteiger partial charge in [-0.15, -0.1) is 0 Å². The van der Waals surface area contributed by atoms with Crippen LogP contribution in [0.3, 0.4) is 0 Å². The lowest BCUT2D eigenvalue weighted by Gasteiger charge is -2.19. The van der Waals surface area contributed by atoms with Gasteiger partial charge >= 0.3 is 0 Å². The van der Waals surface area contributed by atoms with Gasteiger partial charge in [0.1, 0.15) is 5.82 Å². The lowest BCUT2D eigenvalue weighted by Crippen LogP contribution is -2.31. The highest BCUT2D eigenvalue weighted by atomic mass is 32.1. The van der Waals surface area contributed by atoms with Gasteiger partial charge in [-0.2, -0.15) is 0 Å². The molecule has 0 saturated carbocycles. The van der Waals surface area contributed by atoms with Crippen LogP contribution in [0.4, 0.5) is 15.8 Å². The molecule has 2 aromatic rings. The van der Waals surface area contributed by atoms with Crippen LogP contribution < -0.4 is 15.5 Å². The van der Waals surface area contributed by atoms with Gasteiger partial charge in [0.15, 0.2) is 5.11 Å². The van der Waals surface area contributed by atoms with Crippen molar-refractivity contribution in [3.63, 3.8) is 0 Å². The lowest BCUT2D eigenvalue weighted by atomic mass is 10.3. The van der Waals surface area contributed by atoms with Gasteiger partial charge in [-0.1, -0.05) is 24.3 Å². The van der Waals surface area contributed by atoms with E-state index >= 15 is 0 Å². The molecule has 0 spiro atoms. The van der Waals surface area contributed by atoms with E-state index in [1.165, 1.54) is 17.8 Å². The maximum Gasteiger partial charge on any atom is 0.170 e. The fourth-order valence-corrected chi connectivity index (χ4v) is 2.29. The number of para-hydroxylation sites is 1. The smallest absolute Gasteiger partial charge is 0.170 e. The summed E-state index contributed by atoms with van der Waals surface area (Å²) in [5.74, 6) is -0.280. The van der Waals surface area contributed by atoms with E-state index in [1.807, 2.05) is 18.2 Å². The molecule has 0 radical (unpaired) electrons. The molecule has 2 rings (SSSR count). The Bertz CT molecular complexity index is 604. The number of nitrogens with one attached hydrogen (secondary N) is 2. The summed E-state index contributed by atoms with van der Waals surface area (Å²) in [5, 5.41) is 6.61. The number of hydrogen-bond acceptors (Lipinski definition) is 2. The van der Waals surface area contributed by atoms with E-state index in [-0.39, 0.29) is 5.82 Å². The maximum absolute atomic E-state index is 13.1. The van der Waals surface area contributed by atoms with E-state index in [0.29, 0.717) is 10.8 Å². The molecule has 0 aliphatic heterocycles. The van der Waals surface area contributed by atoms with Crippen molar-refractivity contribution in [2.45, 2.75) is 6.42 Å². The predicted molar refractivity (Wildman–Crippen MR) is 95.0 cm³/mol. The normalized spacial score (nSPS) is 10.1. The maximum atomic E-state index is 13.1. The van der Waals surface area contributed by atoms with Crippen molar-refractivity contribution in [1.82, 2.24) is 5.32 Å². The third kappa shape index (κ3) is 5.33.